The molecule has 0 aliphatic heterocycles. The van der Waals surface area contributed by atoms with Crippen molar-refractivity contribution < 1.29 is 5.11 Å². The van der Waals surface area contributed by atoms with Crippen molar-refractivity contribution in [2.24, 2.45) is 0 Å². The van der Waals surface area contributed by atoms with Gasteiger partial charge in [0.1, 0.15) is 0 Å². The first-order valence-corrected chi connectivity index (χ1v) is 6.24. The van der Waals surface area contributed by atoms with Gasteiger partial charge in [0.15, 0.2) is 0 Å². The Kier molecular flexibility index (Phi) is 6.20. The first-order chi connectivity index (χ1) is 6.83. The number of hydrogen-bond acceptors (Lipinski definition) is 2. The van der Waals surface area contributed by atoms with Crippen LogP contribution in [0, 0.1) is 0 Å². The Morgan fingerprint density at radius 2 is 1.79 bits per heavy atom. The minimum Gasteiger partial charge on any atom is -0.393 e. The van der Waals surface area contributed by atoms with Crippen LogP contribution in [0.4, 0.5) is 0 Å². The van der Waals surface area contributed by atoms with Crippen LogP contribution in [0.3, 0.4) is 0 Å². The van der Waals surface area contributed by atoms with Crippen LogP contribution in [0.1, 0.15) is 58.3 Å². The molecule has 0 saturated heterocycles. The maximum absolute atomic E-state index is 9.34. The molecular formula is C12H25NO. The summed E-state index contributed by atoms with van der Waals surface area (Å²) >= 11 is 0. The fraction of sp³-hybridized carbons (Fsp3) is 1.00. The second-order valence-corrected chi connectivity index (χ2v) is 4.52. The van der Waals surface area contributed by atoms with E-state index in [4.69, 9.17) is 0 Å². The predicted octanol–water partition coefficient (Wildman–Crippen LogP) is 2.46. The average molecular weight is 199 g/mol. The number of hydrogen-bond donors (Lipinski definition) is 2. The summed E-state index contributed by atoms with van der Waals surface area (Å²) in [5.41, 5.74) is 0. The van der Waals surface area contributed by atoms with Crippen LogP contribution < -0.4 is 5.32 Å². The van der Waals surface area contributed by atoms with E-state index in [9.17, 15) is 5.11 Å². The van der Waals surface area contributed by atoms with Crippen molar-refractivity contribution in [1.29, 1.82) is 0 Å². The minimum absolute atomic E-state index is 0.0202. The summed E-state index contributed by atoms with van der Waals surface area (Å²) in [4.78, 5) is 0. The van der Waals surface area contributed by atoms with Gasteiger partial charge >= 0.3 is 0 Å². The Bertz CT molecular complexity index is 130. The fourth-order valence-electron chi connectivity index (χ4n) is 2.14. The standard InChI is InChI=1S/C12H25NO/c1-2-3-4-5-10-13-11-6-8-12(14)9-7-11/h11-14H,2-10H2,1H3. The Hall–Kier alpha value is -0.0800. The number of aliphatic hydroxyl groups is 1. The third kappa shape index (κ3) is 4.97. The highest BCUT2D eigenvalue weighted by atomic mass is 16.3. The summed E-state index contributed by atoms with van der Waals surface area (Å²) in [6.45, 7) is 3.41. The Morgan fingerprint density at radius 3 is 2.43 bits per heavy atom. The van der Waals surface area contributed by atoms with Crippen molar-refractivity contribution >= 4 is 0 Å². The smallest absolute Gasteiger partial charge is 0.0541 e. The van der Waals surface area contributed by atoms with Gasteiger partial charge in [-0.2, -0.15) is 0 Å². The van der Waals surface area contributed by atoms with Crippen LogP contribution in [-0.4, -0.2) is 23.8 Å². The molecule has 0 radical (unpaired) electrons. The SMILES string of the molecule is CCCCCCNC1CCC(O)CC1. The highest BCUT2D eigenvalue weighted by molar-refractivity contribution is 4.76. The molecule has 0 heterocycles. The molecule has 0 aromatic rings. The Balaban J connectivity index is 1.91. The van der Waals surface area contributed by atoms with E-state index in [0.717, 1.165) is 25.7 Å². The summed E-state index contributed by atoms with van der Waals surface area (Å²) < 4.78 is 0. The largest absolute Gasteiger partial charge is 0.393 e. The van der Waals surface area contributed by atoms with Crippen molar-refractivity contribution in [3.05, 3.63) is 0 Å². The molecule has 1 aliphatic carbocycles. The summed E-state index contributed by atoms with van der Waals surface area (Å²) in [6.07, 6.45) is 9.64. The number of unbranched alkanes of at least 4 members (excludes halogenated alkanes) is 3. The van der Waals surface area contributed by atoms with Gasteiger partial charge in [-0.25, -0.2) is 0 Å². The normalized spacial score (nSPS) is 27.9. The first-order valence-electron chi connectivity index (χ1n) is 6.24. The maximum atomic E-state index is 9.34. The van der Waals surface area contributed by atoms with Gasteiger partial charge in [0.2, 0.25) is 0 Å². The maximum Gasteiger partial charge on any atom is 0.0541 e. The van der Waals surface area contributed by atoms with Gasteiger partial charge in [0.25, 0.3) is 0 Å². The summed E-state index contributed by atoms with van der Waals surface area (Å²) in [6, 6.07) is 0.681. The second-order valence-electron chi connectivity index (χ2n) is 4.52. The van der Waals surface area contributed by atoms with E-state index in [1.165, 1.54) is 32.2 Å². The number of aliphatic hydroxyl groups excluding tert-OH is 1. The van der Waals surface area contributed by atoms with Gasteiger partial charge in [-0.15, -0.1) is 0 Å². The van der Waals surface area contributed by atoms with E-state index in [2.05, 4.69) is 12.2 Å². The zero-order chi connectivity index (χ0) is 10.2. The molecule has 1 aliphatic rings. The molecule has 1 rings (SSSR count). The Morgan fingerprint density at radius 1 is 1.07 bits per heavy atom. The van der Waals surface area contributed by atoms with Gasteiger partial charge < -0.3 is 10.4 Å². The van der Waals surface area contributed by atoms with Crippen LogP contribution in [0.25, 0.3) is 0 Å². The van der Waals surface area contributed by atoms with Crippen molar-refractivity contribution in [2.45, 2.75) is 70.4 Å². The topological polar surface area (TPSA) is 32.3 Å². The number of nitrogens with one attached hydrogen (secondary N) is 1. The van der Waals surface area contributed by atoms with Crippen LogP contribution in [0.2, 0.25) is 0 Å². The molecule has 0 bridgehead atoms. The summed E-state index contributed by atoms with van der Waals surface area (Å²) in [5, 5.41) is 12.9. The van der Waals surface area contributed by atoms with Gasteiger partial charge in [-0.1, -0.05) is 26.2 Å². The van der Waals surface area contributed by atoms with Crippen molar-refractivity contribution in [1.82, 2.24) is 5.32 Å². The van der Waals surface area contributed by atoms with Crippen molar-refractivity contribution in [3.63, 3.8) is 0 Å². The monoisotopic (exact) mass is 199 g/mol. The van der Waals surface area contributed by atoms with Gasteiger partial charge in [-0.3, -0.25) is 0 Å². The summed E-state index contributed by atoms with van der Waals surface area (Å²) in [5.74, 6) is 0. The average Bonchev–Trinajstić information content (AvgIpc) is 2.21. The predicted molar refractivity (Wildman–Crippen MR) is 60.4 cm³/mol. The van der Waals surface area contributed by atoms with Crippen LogP contribution in [0.15, 0.2) is 0 Å². The molecule has 0 aromatic carbocycles. The molecule has 2 nitrogen and oxygen atoms in total. The lowest BCUT2D eigenvalue weighted by molar-refractivity contribution is 0.117. The van der Waals surface area contributed by atoms with Gasteiger partial charge in [0.05, 0.1) is 6.10 Å². The molecule has 0 unspecified atom stereocenters. The van der Waals surface area contributed by atoms with E-state index in [1.807, 2.05) is 0 Å². The van der Waals surface area contributed by atoms with E-state index in [-0.39, 0.29) is 6.10 Å². The molecule has 84 valence electrons. The molecule has 1 saturated carbocycles. The first kappa shape index (κ1) is 12.0. The van der Waals surface area contributed by atoms with Crippen molar-refractivity contribution in [2.75, 3.05) is 6.54 Å². The zero-order valence-corrected chi connectivity index (χ0v) is 9.47. The van der Waals surface area contributed by atoms with Crippen molar-refractivity contribution in [3.8, 4) is 0 Å². The molecule has 0 amide bonds. The highest BCUT2D eigenvalue weighted by Gasteiger charge is 2.17. The van der Waals surface area contributed by atoms with Crippen LogP contribution >= 0.6 is 0 Å². The van der Waals surface area contributed by atoms with Gasteiger partial charge in [-0.05, 0) is 38.6 Å². The van der Waals surface area contributed by atoms with E-state index >= 15 is 0 Å². The van der Waals surface area contributed by atoms with E-state index < -0.39 is 0 Å². The summed E-state index contributed by atoms with van der Waals surface area (Å²) in [7, 11) is 0. The Labute approximate surface area is 88.1 Å². The lowest BCUT2D eigenvalue weighted by atomic mass is 9.93. The van der Waals surface area contributed by atoms with Crippen LogP contribution in [0.5, 0.6) is 0 Å². The second kappa shape index (κ2) is 7.24. The molecule has 0 spiro atoms. The number of rotatable bonds is 6. The zero-order valence-electron chi connectivity index (χ0n) is 9.47. The van der Waals surface area contributed by atoms with Crippen LogP contribution in [-0.2, 0) is 0 Å². The van der Waals surface area contributed by atoms with Gasteiger partial charge in [0, 0.05) is 6.04 Å². The molecule has 2 N–H and O–H groups in total. The molecule has 1 fully saturated rings. The minimum atomic E-state index is -0.0202. The molecule has 0 aromatic heterocycles. The molecule has 2 heteroatoms. The quantitative estimate of drug-likeness (QED) is 0.644. The molecular weight excluding hydrogens is 174 g/mol. The molecule has 14 heavy (non-hydrogen) atoms. The van der Waals surface area contributed by atoms with E-state index in [0.29, 0.717) is 6.04 Å². The highest BCUT2D eigenvalue weighted by Crippen LogP contribution is 2.18. The fourth-order valence-corrected chi connectivity index (χ4v) is 2.14. The third-order valence-corrected chi connectivity index (χ3v) is 3.16. The molecule has 0 atom stereocenters. The lowest BCUT2D eigenvalue weighted by Crippen LogP contribution is -2.35. The van der Waals surface area contributed by atoms with E-state index in [1.54, 1.807) is 0 Å². The third-order valence-electron chi connectivity index (χ3n) is 3.16. The lowest BCUT2D eigenvalue weighted by Gasteiger charge is -2.26.